The molecule has 0 aromatic heterocycles. The Hall–Kier alpha value is -2.09. The van der Waals surface area contributed by atoms with E-state index >= 15 is 0 Å². The molecule has 1 fully saturated rings. The largest absolute Gasteiger partial charge is 0.379 e. The number of benzene rings is 1. The Bertz CT molecular complexity index is 536. The molecule has 5 heteroatoms. The highest BCUT2D eigenvalue weighted by Gasteiger charge is 2.31. The van der Waals surface area contributed by atoms with Gasteiger partial charge in [0.05, 0.1) is 11.7 Å². The smallest absolute Gasteiger partial charge is 0.225 e. The van der Waals surface area contributed by atoms with Gasteiger partial charge >= 0.3 is 0 Å². The monoisotopic (exact) mass is 261 g/mol. The molecule has 4 nitrogen and oxygen atoms in total. The number of nitrogens with zero attached hydrogens (tertiary/aromatic N) is 2. The first-order valence-electron chi connectivity index (χ1n) is 6.27. The second kappa shape index (κ2) is 5.27. The summed E-state index contributed by atoms with van der Waals surface area (Å²) in [6.45, 7) is 4.50. The molecular weight excluding hydrogens is 245 g/mol. The van der Waals surface area contributed by atoms with Crippen LogP contribution >= 0.6 is 0 Å². The van der Waals surface area contributed by atoms with E-state index < -0.39 is 5.82 Å². The van der Waals surface area contributed by atoms with Gasteiger partial charge in [0.2, 0.25) is 5.91 Å². The van der Waals surface area contributed by atoms with E-state index in [1.807, 2.05) is 19.9 Å². The first kappa shape index (κ1) is 13.3. The zero-order valence-corrected chi connectivity index (χ0v) is 11.0. The van der Waals surface area contributed by atoms with Crippen molar-refractivity contribution in [2.45, 2.75) is 32.4 Å². The van der Waals surface area contributed by atoms with Crippen LogP contribution in [0.4, 0.5) is 10.1 Å². The Balaban J connectivity index is 2.14. The van der Waals surface area contributed by atoms with Crippen molar-refractivity contribution >= 4 is 11.6 Å². The number of nitrogens with one attached hydrogen (secondary N) is 1. The third kappa shape index (κ3) is 2.68. The molecule has 0 radical (unpaired) electrons. The summed E-state index contributed by atoms with van der Waals surface area (Å²) in [5.74, 6) is -0.458. The van der Waals surface area contributed by atoms with Crippen molar-refractivity contribution in [3.8, 4) is 6.07 Å². The predicted octanol–water partition coefficient (Wildman–Crippen LogP) is 2.12. The molecule has 1 aliphatic rings. The molecule has 0 spiro atoms. The fourth-order valence-electron chi connectivity index (χ4n) is 2.31. The number of carbonyl (C=O) groups is 1. The van der Waals surface area contributed by atoms with Crippen molar-refractivity contribution in [3.05, 3.63) is 29.6 Å². The van der Waals surface area contributed by atoms with Crippen LogP contribution in [-0.2, 0) is 4.79 Å². The lowest BCUT2D eigenvalue weighted by molar-refractivity contribution is -0.129. The van der Waals surface area contributed by atoms with E-state index in [9.17, 15) is 9.18 Å². The van der Waals surface area contributed by atoms with Crippen molar-refractivity contribution in [1.82, 2.24) is 4.90 Å². The number of likely N-dealkylation sites (tertiary alicyclic amines) is 1. The van der Waals surface area contributed by atoms with E-state index in [2.05, 4.69) is 5.32 Å². The summed E-state index contributed by atoms with van der Waals surface area (Å²) in [6, 6.07) is 6.38. The van der Waals surface area contributed by atoms with E-state index in [1.165, 1.54) is 6.07 Å². The fraction of sp³-hybridized carbons (Fsp3) is 0.429. The zero-order valence-electron chi connectivity index (χ0n) is 11.0. The minimum atomic E-state index is -0.544. The lowest BCUT2D eigenvalue weighted by Crippen LogP contribution is -2.33. The number of nitriles is 1. The van der Waals surface area contributed by atoms with Crippen molar-refractivity contribution in [3.63, 3.8) is 0 Å². The fourth-order valence-corrected chi connectivity index (χ4v) is 2.31. The highest BCUT2D eigenvalue weighted by atomic mass is 19.1. The van der Waals surface area contributed by atoms with Gasteiger partial charge in [0.25, 0.3) is 0 Å². The van der Waals surface area contributed by atoms with Crippen molar-refractivity contribution in [2.75, 3.05) is 11.9 Å². The minimum absolute atomic E-state index is 0.00190. The van der Waals surface area contributed by atoms with Crippen molar-refractivity contribution < 1.29 is 9.18 Å². The summed E-state index contributed by atoms with van der Waals surface area (Å²) in [4.78, 5) is 13.6. The molecule has 1 saturated heterocycles. The third-order valence-corrected chi connectivity index (χ3v) is 3.27. The summed E-state index contributed by atoms with van der Waals surface area (Å²) >= 11 is 0. The van der Waals surface area contributed by atoms with E-state index in [1.54, 1.807) is 17.0 Å². The average Bonchev–Trinajstić information content (AvgIpc) is 2.71. The Labute approximate surface area is 111 Å². The van der Waals surface area contributed by atoms with Gasteiger partial charge in [-0.25, -0.2) is 4.39 Å². The molecule has 1 unspecified atom stereocenters. The number of hydrogen-bond donors (Lipinski definition) is 1. The van der Waals surface area contributed by atoms with Gasteiger partial charge in [-0.3, -0.25) is 4.79 Å². The van der Waals surface area contributed by atoms with E-state index in [0.717, 1.165) is 0 Å². The van der Waals surface area contributed by atoms with Crippen LogP contribution in [-0.4, -0.2) is 29.4 Å². The molecule has 100 valence electrons. The molecule has 0 aliphatic carbocycles. The lowest BCUT2D eigenvalue weighted by atomic mass is 10.1. The molecule has 0 saturated carbocycles. The molecule has 1 N–H and O–H groups in total. The van der Waals surface area contributed by atoms with Gasteiger partial charge in [0.1, 0.15) is 17.4 Å². The Morgan fingerprint density at radius 1 is 1.53 bits per heavy atom. The maximum absolute atomic E-state index is 13.5. The number of anilines is 1. The van der Waals surface area contributed by atoms with Crippen molar-refractivity contribution in [2.24, 2.45) is 0 Å². The topological polar surface area (TPSA) is 56.1 Å². The molecule has 1 heterocycles. The van der Waals surface area contributed by atoms with Crippen LogP contribution < -0.4 is 5.32 Å². The van der Waals surface area contributed by atoms with Crippen LogP contribution in [0.15, 0.2) is 18.2 Å². The van der Waals surface area contributed by atoms with Gasteiger partial charge in [-0.05, 0) is 26.0 Å². The second-order valence-electron chi connectivity index (χ2n) is 4.96. The molecule has 1 aromatic rings. The van der Waals surface area contributed by atoms with Gasteiger partial charge in [-0.1, -0.05) is 6.07 Å². The molecule has 2 rings (SSSR count). The van der Waals surface area contributed by atoms with Gasteiger partial charge in [-0.15, -0.1) is 0 Å². The molecule has 1 aromatic carbocycles. The van der Waals surface area contributed by atoms with Gasteiger partial charge in [0.15, 0.2) is 0 Å². The number of hydrogen-bond acceptors (Lipinski definition) is 3. The SMILES string of the molecule is CC(C)N1CC(Nc2cccc(F)c2C#N)CC1=O. The summed E-state index contributed by atoms with van der Waals surface area (Å²) in [5.41, 5.74) is 0.448. The van der Waals surface area contributed by atoms with E-state index in [4.69, 9.17) is 5.26 Å². The van der Waals surface area contributed by atoms with Gasteiger partial charge in [-0.2, -0.15) is 5.26 Å². The standard InChI is InChI=1S/C14H16FN3O/c1-9(2)18-8-10(6-14(18)19)17-13-5-3-4-12(15)11(13)7-16/h3-5,9-10,17H,6,8H2,1-2H3. The van der Waals surface area contributed by atoms with Crippen molar-refractivity contribution in [1.29, 1.82) is 5.26 Å². The maximum Gasteiger partial charge on any atom is 0.225 e. The summed E-state index contributed by atoms with van der Waals surface area (Å²) in [5, 5.41) is 12.0. The van der Waals surface area contributed by atoms with Crippen LogP contribution in [0.1, 0.15) is 25.8 Å². The summed E-state index contributed by atoms with van der Waals surface area (Å²) < 4.78 is 13.5. The molecule has 1 aliphatic heterocycles. The number of rotatable bonds is 3. The first-order valence-corrected chi connectivity index (χ1v) is 6.27. The van der Waals surface area contributed by atoms with Crippen LogP contribution in [0.3, 0.4) is 0 Å². The third-order valence-electron chi connectivity index (χ3n) is 3.27. The minimum Gasteiger partial charge on any atom is -0.379 e. The number of halogens is 1. The highest BCUT2D eigenvalue weighted by molar-refractivity contribution is 5.80. The predicted molar refractivity (Wildman–Crippen MR) is 70.0 cm³/mol. The molecule has 1 atom stereocenters. The Kier molecular flexibility index (Phi) is 3.70. The zero-order chi connectivity index (χ0) is 14.0. The van der Waals surface area contributed by atoms with Crippen LogP contribution in [0.25, 0.3) is 0 Å². The Morgan fingerprint density at radius 2 is 2.26 bits per heavy atom. The molecular formula is C14H16FN3O. The van der Waals surface area contributed by atoms with Gasteiger partial charge in [0, 0.05) is 19.0 Å². The van der Waals surface area contributed by atoms with Gasteiger partial charge < -0.3 is 10.2 Å². The maximum atomic E-state index is 13.5. The molecule has 1 amide bonds. The second-order valence-corrected chi connectivity index (χ2v) is 4.96. The average molecular weight is 261 g/mol. The number of carbonyl (C=O) groups excluding carboxylic acids is 1. The Morgan fingerprint density at radius 3 is 2.84 bits per heavy atom. The first-order chi connectivity index (χ1) is 9.02. The lowest BCUT2D eigenvalue weighted by Gasteiger charge is -2.21. The summed E-state index contributed by atoms with van der Waals surface area (Å²) in [7, 11) is 0. The number of amides is 1. The molecule has 19 heavy (non-hydrogen) atoms. The van der Waals surface area contributed by atoms with E-state index in [0.29, 0.717) is 18.7 Å². The summed E-state index contributed by atoms with van der Waals surface area (Å²) in [6.07, 6.45) is 0.375. The molecule has 0 bridgehead atoms. The van der Waals surface area contributed by atoms with E-state index in [-0.39, 0.29) is 23.6 Å². The van der Waals surface area contributed by atoms with Crippen LogP contribution in [0.2, 0.25) is 0 Å². The van der Waals surface area contributed by atoms with Crippen LogP contribution in [0.5, 0.6) is 0 Å². The quantitative estimate of drug-likeness (QED) is 0.906. The van der Waals surface area contributed by atoms with Crippen LogP contribution in [0, 0.1) is 17.1 Å². The normalized spacial score (nSPS) is 18.8. The highest BCUT2D eigenvalue weighted by Crippen LogP contribution is 2.22.